The quantitative estimate of drug-likeness (QED) is 0.743. The summed E-state index contributed by atoms with van der Waals surface area (Å²) in [5.74, 6) is -4.29. The molecule has 2 amide bonds. The van der Waals surface area contributed by atoms with Crippen LogP contribution in [0.4, 0.5) is 18.4 Å². The number of Topliss-reactive ketones (excluding diaryl/α,β-unsaturated/α-hetero) is 1. The molecule has 1 unspecified atom stereocenters. The standard InChI is InChI=1S/C18H28F2N2O5/c1-15(2,3)26-13(24)21-17-8-7-9-22(14(25)27-16(4,5)6)12(17)18(19,20)10-11(17)23/h12H,7-10H2,1-6H3,(H,21,24)/t12?,17-/m0/s1. The Morgan fingerprint density at radius 3 is 2.19 bits per heavy atom. The van der Waals surface area contributed by atoms with Crippen LogP contribution >= 0.6 is 0 Å². The number of carbonyl (C=O) groups is 3. The van der Waals surface area contributed by atoms with Gasteiger partial charge in [0.15, 0.2) is 5.78 Å². The van der Waals surface area contributed by atoms with E-state index in [2.05, 4.69) is 5.32 Å². The number of amides is 2. The first-order valence-electron chi connectivity index (χ1n) is 8.99. The maximum Gasteiger partial charge on any atom is 0.410 e. The molecule has 2 rings (SSSR count). The van der Waals surface area contributed by atoms with Crippen molar-refractivity contribution in [1.29, 1.82) is 0 Å². The first-order valence-corrected chi connectivity index (χ1v) is 8.99. The van der Waals surface area contributed by atoms with Gasteiger partial charge in [0.1, 0.15) is 22.8 Å². The lowest BCUT2D eigenvalue weighted by Gasteiger charge is -2.46. The number of alkyl carbamates (subject to hydrolysis) is 1. The van der Waals surface area contributed by atoms with Crippen LogP contribution in [0.25, 0.3) is 0 Å². The fourth-order valence-corrected chi connectivity index (χ4v) is 3.61. The average Bonchev–Trinajstić information content (AvgIpc) is 2.61. The van der Waals surface area contributed by atoms with Crippen LogP contribution in [0.2, 0.25) is 0 Å². The van der Waals surface area contributed by atoms with Crippen molar-refractivity contribution >= 4 is 18.0 Å². The second kappa shape index (κ2) is 6.60. The summed E-state index contributed by atoms with van der Waals surface area (Å²) in [4.78, 5) is 38.2. The number of carbonyl (C=O) groups excluding carboxylic acids is 3. The van der Waals surface area contributed by atoms with Gasteiger partial charge in [-0.05, 0) is 54.4 Å². The Kier molecular flexibility index (Phi) is 5.22. The first-order chi connectivity index (χ1) is 12.1. The number of halogens is 2. The van der Waals surface area contributed by atoms with Gasteiger partial charge in [0.05, 0.1) is 6.42 Å². The molecule has 1 aliphatic carbocycles. The zero-order valence-corrected chi connectivity index (χ0v) is 16.7. The number of fused-ring (bicyclic) bond motifs is 1. The summed E-state index contributed by atoms with van der Waals surface area (Å²) >= 11 is 0. The van der Waals surface area contributed by atoms with Gasteiger partial charge >= 0.3 is 12.2 Å². The predicted molar refractivity (Wildman–Crippen MR) is 92.6 cm³/mol. The van der Waals surface area contributed by atoms with Crippen molar-refractivity contribution in [2.45, 2.75) is 89.5 Å². The molecular formula is C18H28F2N2O5. The Hall–Kier alpha value is -1.93. The summed E-state index contributed by atoms with van der Waals surface area (Å²) < 4.78 is 39.9. The molecule has 27 heavy (non-hydrogen) atoms. The van der Waals surface area contributed by atoms with Crippen molar-refractivity contribution in [2.75, 3.05) is 6.54 Å². The second-order valence-electron chi connectivity index (χ2n) is 9.14. The molecular weight excluding hydrogens is 362 g/mol. The van der Waals surface area contributed by atoms with E-state index in [0.717, 1.165) is 4.90 Å². The van der Waals surface area contributed by atoms with Gasteiger partial charge < -0.3 is 14.8 Å². The van der Waals surface area contributed by atoms with E-state index >= 15 is 0 Å². The highest BCUT2D eigenvalue weighted by atomic mass is 19.3. The molecule has 0 aromatic carbocycles. The lowest BCUT2D eigenvalue weighted by molar-refractivity contribution is -0.125. The number of likely N-dealkylation sites (tertiary alicyclic amines) is 1. The van der Waals surface area contributed by atoms with E-state index in [1.807, 2.05) is 0 Å². The number of alkyl halides is 2. The molecule has 0 bridgehead atoms. The van der Waals surface area contributed by atoms with E-state index in [1.54, 1.807) is 41.5 Å². The minimum atomic E-state index is -3.48. The largest absolute Gasteiger partial charge is 0.444 e. The SMILES string of the molecule is CC(C)(C)OC(=O)N[C@]12CCCN(C(=O)OC(C)(C)C)C1C(F)(F)CC2=O. The van der Waals surface area contributed by atoms with Crippen LogP contribution in [0.15, 0.2) is 0 Å². The predicted octanol–water partition coefficient (Wildman–Crippen LogP) is 3.26. The van der Waals surface area contributed by atoms with Gasteiger partial charge in [0, 0.05) is 6.54 Å². The number of nitrogens with one attached hydrogen (secondary N) is 1. The summed E-state index contributed by atoms with van der Waals surface area (Å²) in [6, 6.07) is -1.81. The van der Waals surface area contributed by atoms with Gasteiger partial charge in [0.25, 0.3) is 5.92 Å². The van der Waals surface area contributed by atoms with E-state index in [4.69, 9.17) is 9.47 Å². The summed E-state index contributed by atoms with van der Waals surface area (Å²) in [6.07, 6.45) is -2.67. The number of nitrogens with zero attached hydrogens (tertiary/aromatic N) is 1. The van der Waals surface area contributed by atoms with Crippen LogP contribution in [0.5, 0.6) is 0 Å². The minimum Gasteiger partial charge on any atom is -0.444 e. The van der Waals surface area contributed by atoms with Gasteiger partial charge in [0.2, 0.25) is 0 Å². The Balaban J connectivity index is 2.37. The van der Waals surface area contributed by atoms with Crippen molar-refractivity contribution in [3.05, 3.63) is 0 Å². The normalized spacial score (nSPS) is 27.8. The van der Waals surface area contributed by atoms with E-state index in [0.29, 0.717) is 0 Å². The number of ketones is 1. The highest BCUT2D eigenvalue weighted by Gasteiger charge is 2.69. The molecule has 0 aromatic rings. The zero-order chi connectivity index (χ0) is 20.8. The number of hydrogen-bond donors (Lipinski definition) is 1. The molecule has 9 heteroatoms. The fraction of sp³-hybridized carbons (Fsp3) is 0.833. The highest BCUT2D eigenvalue weighted by Crippen LogP contribution is 2.47. The summed E-state index contributed by atoms with van der Waals surface area (Å²) in [7, 11) is 0. The molecule has 0 radical (unpaired) electrons. The third kappa shape index (κ3) is 4.50. The molecule has 0 aromatic heterocycles. The summed E-state index contributed by atoms with van der Waals surface area (Å²) in [6.45, 7) is 9.76. The van der Waals surface area contributed by atoms with Crippen LogP contribution in [0.1, 0.15) is 60.8 Å². The third-order valence-electron chi connectivity index (χ3n) is 4.39. The first kappa shape index (κ1) is 21.4. The molecule has 1 heterocycles. The van der Waals surface area contributed by atoms with Crippen LogP contribution in [-0.2, 0) is 14.3 Å². The molecule has 0 spiro atoms. The minimum absolute atomic E-state index is 0.00459. The van der Waals surface area contributed by atoms with Crippen LogP contribution in [0.3, 0.4) is 0 Å². The van der Waals surface area contributed by atoms with Gasteiger partial charge in [-0.15, -0.1) is 0 Å². The van der Waals surface area contributed by atoms with Crippen molar-refractivity contribution in [3.8, 4) is 0 Å². The molecule has 1 aliphatic heterocycles. The summed E-state index contributed by atoms with van der Waals surface area (Å²) in [5.41, 5.74) is -3.63. The molecule has 1 N–H and O–H groups in total. The molecule has 2 aliphatic rings. The Morgan fingerprint density at radius 2 is 1.67 bits per heavy atom. The van der Waals surface area contributed by atoms with Gasteiger partial charge in [-0.3, -0.25) is 9.69 Å². The lowest BCUT2D eigenvalue weighted by atomic mass is 9.82. The van der Waals surface area contributed by atoms with Crippen LogP contribution in [0, 0.1) is 0 Å². The van der Waals surface area contributed by atoms with Gasteiger partial charge in [-0.2, -0.15) is 0 Å². The molecule has 7 nitrogen and oxygen atoms in total. The van der Waals surface area contributed by atoms with Gasteiger partial charge in [-0.1, -0.05) is 0 Å². The smallest absolute Gasteiger partial charge is 0.410 e. The molecule has 2 fully saturated rings. The fourth-order valence-electron chi connectivity index (χ4n) is 3.61. The topological polar surface area (TPSA) is 84.9 Å². The summed E-state index contributed by atoms with van der Waals surface area (Å²) in [5, 5.41) is 2.36. The Bertz CT molecular complexity index is 639. The molecule has 2 atom stereocenters. The molecule has 1 saturated heterocycles. The second-order valence-corrected chi connectivity index (χ2v) is 9.14. The van der Waals surface area contributed by atoms with Crippen molar-refractivity contribution < 1.29 is 32.6 Å². The van der Waals surface area contributed by atoms with Gasteiger partial charge in [-0.25, -0.2) is 18.4 Å². The lowest BCUT2D eigenvalue weighted by Crippen LogP contribution is -2.70. The zero-order valence-electron chi connectivity index (χ0n) is 16.7. The average molecular weight is 390 g/mol. The maximum absolute atomic E-state index is 14.7. The number of piperidine rings is 1. The van der Waals surface area contributed by atoms with E-state index < -0.39 is 53.1 Å². The van der Waals surface area contributed by atoms with E-state index in [9.17, 15) is 23.2 Å². The van der Waals surface area contributed by atoms with Crippen molar-refractivity contribution in [2.24, 2.45) is 0 Å². The van der Waals surface area contributed by atoms with Crippen LogP contribution in [-0.4, -0.2) is 58.1 Å². The maximum atomic E-state index is 14.7. The third-order valence-corrected chi connectivity index (χ3v) is 4.39. The Morgan fingerprint density at radius 1 is 1.11 bits per heavy atom. The number of rotatable bonds is 1. The molecule has 154 valence electrons. The Labute approximate surface area is 157 Å². The van der Waals surface area contributed by atoms with Crippen LogP contribution < -0.4 is 5.32 Å². The van der Waals surface area contributed by atoms with E-state index in [1.165, 1.54) is 0 Å². The van der Waals surface area contributed by atoms with Crippen molar-refractivity contribution in [3.63, 3.8) is 0 Å². The highest BCUT2D eigenvalue weighted by molar-refractivity contribution is 5.97. The monoisotopic (exact) mass is 390 g/mol. The number of hydrogen-bond acceptors (Lipinski definition) is 5. The van der Waals surface area contributed by atoms with Crippen molar-refractivity contribution in [1.82, 2.24) is 10.2 Å². The molecule has 1 saturated carbocycles. The number of ether oxygens (including phenoxy) is 2. The van der Waals surface area contributed by atoms with E-state index in [-0.39, 0.29) is 19.4 Å².